The molecule has 0 N–H and O–H groups in total. The van der Waals surface area contributed by atoms with Crippen molar-refractivity contribution in [1.29, 1.82) is 0 Å². The fraction of sp³-hybridized carbons (Fsp3) is 0.273. The van der Waals surface area contributed by atoms with Gasteiger partial charge < -0.3 is 19.1 Å². The predicted octanol–water partition coefficient (Wildman–Crippen LogP) is 4.07. The number of amides is 1. The number of rotatable bonds is 6. The first kappa shape index (κ1) is 19.3. The number of hydrogen-bond acceptors (Lipinski definition) is 6. The molecule has 1 aromatic heterocycles. The third kappa shape index (κ3) is 4.68. The Bertz CT molecular complexity index is 1020. The van der Waals surface area contributed by atoms with E-state index in [0.717, 1.165) is 27.8 Å². The number of fused-ring (bicyclic) bond motifs is 1. The summed E-state index contributed by atoms with van der Waals surface area (Å²) >= 11 is 1.59. The van der Waals surface area contributed by atoms with Gasteiger partial charge in [-0.05, 0) is 42.8 Å². The molecule has 6 nitrogen and oxygen atoms in total. The molecule has 0 fully saturated rings. The SMILES string of the molecule is Cc1nc(COc2cccc(C(=O)N(C)Cc3ccc4c(c3)OCCO4)c2)cs1. The zero-order valence-electron chi connectivity index (χ0n) is 16.4. The Balaban J connectivity index is 1.40. The number of hydrogen-bond donors (Lipinski definition) is 0. The van der Waals surface area contributed by atoms with Gasteiger partial charge in [0.15, 0.2) is 11.5 Å². The Hall–Kier alpha value is -3.06. The minimum Gasteiger partial charge on any atom is -0.487 e. The first-order chi connectivity index (χ1) is 14.1. The summed E-state index contributed by atoms with van der Waals surface area (Å²) in [6.07, 6.45) is 0. The standard InChI is InChI=1S/C22H22N2O4S/c1-15-23-18(14-29-15)13-28-19-5-3-4-17(11-19)22(25)24(2)12-16-6-7-20-21(10-16)27-9-8-26-20/h3-7,10-11,14H,8-9,12-13H2,1-2H3. The Kier molecular flexibility index (Phi) is 5.67. The molecule has 0 radical (unpaired) electrons. The van der Waals surface area contributed by atoms with Crippen LogP contribution in [0.2, 0.25) is 0 Å². The zero-order chi connectivity index (χ0) is 20.2. The first-order valence-corrected chi connectivity index (χ1v) is 10.2. The van der Waals surface area contributed by atoms with Gasteiger partial charge in [0.1, 0.15) is 25.6 Å². The van der Waals surface area contributed by atoms with Crippen LogP contribution in [0.15, 0.2) is 47.8 Å². The summed E-state index contributed by atoms with van der Waals surface area (Å²) in [7, 11) is 1.78. The molecule has 29 heavy (non-hydrogen) atoms. The molecule has 0 aliphatic carbocycles. The van der Waals surface area contributed by atoms with E-state index in [-0.39, 0.29) is 5.91 Å². The second-order valence-electron chi connectivity index (χ2n) is 6.81. The molecule has 1 amide bonds. The molecule has 7 heteroatoms. The van der Waals surface area contributed by atoms with Crippen molar-refractivity contribution in [2.24, 2.45) is 0 Å². The maximum Gasteiger partial charge on any atom is 0.254 e. The number of thiazole rings is 1. The summed E-state index contributed by atoms with van der Waals surface area (Å²) in [5.41, 5.74) is 2.45. The van der Waals surface area contributed by atoms with Crippen molar-refractivity contribution in [1.82, 2.24) is 9.88 Å². The van der Waals surface area contributed by atoms with Crippen molar-refractivity contribution < 1.29 is 19.0 Å². The number of aromatic nitrogens is 1. The summed E-state index contributed by atoms with van der Waals surface area (Å²) < 4.78 is 17.0. The van der Waals surface area contributed by atoms with Crippen LogP contribution < -0.4 is 14.2 Å². The van der Waals surface area contributed by atoms with Crippen LogP contribution in [0.4, 0.5) is 0 Å². The molecule has 0 saturated carbocycles. The summed E-state index contributed by atoms with van der Waals surface area (Å²) in [6.45, 7) is 3.92. The monoisotopic (exact) mass is 410 g/mol. The van der Waals surface area contributed by atoms with Crippen LogP contribution in [0.3, 0.4) is 0 Å². The van der Waals surface area contributed by atoms with Crippen LogP contribution in [-0.2, 0) is 13.2 Å². The molecule has 2 aromatic carbocycles. The maximum absolute atomic E-state index is 12.9. The highest BCUT2D eigenvalue weighted by molar-refractivity contribution is 7.09. The number of carbonyl (C=O) groups excluding carboxylic acids is 1. The van der Waals surface area contributed by atoms with Gasteiger partial charge in [-0.1, -0.05) is 12.1 Å². The van der Waals surface area contributed by atoms with Gasteiger partial charge in [-0.3, -0.25) is 4.79 Å². The van der Waals surface area contributed by atoms with Gasteiger partial charge in [-0.2, -0.15) is 0 Å². The van der Waals surface area contributed by atoms with Crippen LogP contribution in [-0.4, -0.2) is 36.1 Å². The number of nitrogens with zero attached hydrogens (tertiary/aromatic N) is 2. The average molecular weight is 410 g/mol. The summed E-state index contributed by atoms with van der Waals surface area (Å²) in [4.78, 5) is 18.9. The van der Waals surface area contributed by atoms with E-state index in [4.69, 9.17) is 14.2 Å². The highest BCUT2D eigenvalue weighted by atomic mass is 32.1. The number of aryl methyl sites for hydroxylation is 1. The van der Waals surface area contributed by atoms with Gasteiger partial charge in [0.05, 0.1) is 10.7 Å². The van der Waals surface area contributed by atoms with Crippen LogP contribution in [0.5, 0.6) is 17.2 Å². The van der Waals surface area contributed by atoms with Gasteiger partial charge in [0.25, 0.3) is 5.91 Å². The molecule has 0 unspecified atom stereocenters. The highest BCUT2D eigenvalue weighted by Gasteiger charge is 2.16. The van der Waals surface area contributed by atoms with Gasteiger partial charge in [0, 0.05) is 24.5 Å². The second-order valence-corrected chi connectivity index (χ2v) is 7.88. The highest BCUT2D eigenvalue weighted by Crippen LogP contribution is 2.31. The lowest BCUT2D eigenvalue weighted by atomic mass is 10.1. The minimum atomic E-state index is -0.0742. The lowest BCUT2D eigenvalue weighted by Crippen LogP contribution is -2.26. The third-order valence-corrected chi connectivity index (χ3v) is 5.33. The topological polar surface area (TPSA) is 60.9 Å². The zero-order valence-corrected chi connectivity index (χ0v) is 17.2. The molecule has 1 aliphatic heterocycles. The van der Waals surface area contributed by atoms with Gasteiger partial charge in [0.2, 0.25) is 0 Å². The van der Waals surface area contributed by atoms with E-state index < -0.39 is 0 Å². The summed E-state index contributed by atoms with van der Waals surface area (Å²) in [5, 5.41) is 2.99. The molecule has 2 heterocycles. The van der Waals surface area contributed by atoms with Gasteiger partial charge >= 0.3 is 0 Å². The fourth-order valence-electron chi connectivity index (χ4n) is 3.10. The van der Waals surface area contributed by atoms with Crippen LogP contribution in [0.1, 0.15) is 26.6 Å². The van der Waals surface area contributed by atoms with E-state index in [1.165, 1.54) is 0 Å². The second kappa shape index (κ2) is 8.53. The fourth-order valence-corrected chi connectivity index (χ4v) is 3.70. The molecule has 0 bridgehead atoms. The molecule has 1 aliphatic rings. The van der Waals surface area contributed by atoms with E-state index in [1.54, 1.807) is 35.4 Å². The summed E-state index contributed by atoms with van der Waals surface area (Å²) in [5.74, 6) is 2.04. The maximum atomic E-state index is 12.9. The minimum absolute atomic E-state index is 0.0742. The lowest BCUT2D eigenvalue weighted by Gasteiger charge is -2.21. The summed E-state index contributed by atoms with van der Waals surface area (Å²) in [6, 6.07) is 13.0. The Morgan fingerprint density at radius 3 is 2.79 bits per heavy atom. The quantitative estimate of drug-likeness (QED) is 0.613. The van der Waals surface area contributed by atoms with E-state index in [1.807, 2.05) is 42.6 Å². The molecule has 0 atom stereocenters. The normalized spacial score (nSPS) is 12.5. The Labute approximate surface area is 173 Å². The van der Waals surface area contributed by atoms with Gasteiger partial charge in [-0.15, -0.1) is 11.3 Å². The smallest absolute Gasteiger partial charge is 0.254 e. The number of benzene rings is 2. The van der Waals surface area contributed by atoms with Crippen LogP contribution in [0, 0.1) is 6.92 Å². The molecule has 3 aromatic rings. The molecule has 0 spiro atoms. The molecule has 4 rings (SSSR count). The van der Waals surface area contributed by atoms with Crippen molar-refractivity contribution >= 4 is 17.2 Å². The van der Waals surface area contributed by atoms with E-state index >= 15 is 0 Å². The largest absolute Gasteiger partial charge is 0.487 e. The molecule has 150 valence electrons. The molecular weight excluding hydrogens is 388 g/mol. The number of ether oxygens (including phenoxy) is 3. The molecule has 0 saturated heterocycles. The van der Waals surface area contributed by atoms with Crippen molar-refractivity contribution in [2.75, 3.05) is 20.3 Å². The van der Waals surface area contributed by atoms with Crippen molar-refractivity contribution in [3.8, 4) is 17.2 Å². The van der Waals surface area contributed by atoms with E-state index in [9.17, 15) is 4.79 Å². The van der Waals surface area contributed by atoms with E-state index in [2.05, 4.69) is 4.98 Å². The van der Waals surface area contributed by atoms with Crippen LogP contribution in [0.25, 0.3) is 0 Å². The predicted molar refractivity (Wildman–Crippen MR) is 111 cm³/mol. The van der Waals surface area contributed by atoms with Gasteiger partial charge in [-0.25, -0.2) is 4.98 Å². The van der Waals surface area contributed by atoms with Crippen molar-refractivity contribution in [3.05, 3.63) is 69.7 Å². The van der Waals surface area contributed by atoms with Crippen molar-refractivity contribution in [3.63, 3.8) is 0 Å². The van der Waals surface area contributed by atoms with Crippen molar-refractivity contribution in [2.45, 2.75) is 20.1 Å². The third-order valence-electron chi connectivity index (χ3n) is 4.51. The Morgan fingerprint density at radius 2 is 2.00 bits per heavy atom. The van der Waals surface area contributed by atoms with E-state index in [0.29, 0.717) is 37.7 Å². The first-order valence-electron chi connectivity index (χ1n) is 9.36. The van der Waals surface area contributed by atoms with Crippen LogP contribution >= 0.6 is 11.3 Å². The molecular formula is C22H22N2O4S. The average Bonchev–Trinajstić information content (AvgIpc) is 3.17. The number of carbonyl (C=O) groups is 1. The Morgan fingerprint density at radius 1 is 1.17 bits per heavy atom. The lowest BCUT2D eigenvalue weighted by molar-refractivity contribution is 0.0784.